The first-order chi connectivity index (χ1) is 15.1. The number of halogens is 1. The number of aromatic carboxylic acids is 1. The first-order valence-corrected chi connectivity index (χ1v) is 11.7. The number of thioether (sulfide) groups is 1. The van der Waals surface area contributed by atoms with Gasteiger partial charge in [-0.1, -0.05) is 52.3 Å². The Morgan fingerprint density at radius 3 is 2.68 bits per heavy atom. The highest BCUT2D eigenvalue weighted by Gasteiger charge is 2.12. The number of benzene rings is 3. The minimum absolute atomic E-state index is 0.284. The SMILES string of the molecule is CSc1cc(-c2nccc(NCCc3ccc(Br)c4ccccc34)n2)ccc1C(=O)O. The molecule has 0 saturated carbocycles. The molecular formula is C24H20BrN3O2S. The van der Waals surface area contributed by atoms with Gasteiger partial charge < -0.3 is 10.4 Å². The highest BCUT2D eigenvalue weighted by molar-refractivity contribution is 9.10. The molecule has 0 spiro atoms. The summed E-state index contributed by atoms with van der Waals surface area (Å²) in [5, 5.41) is 15.1. The van der Waals surface area contributed by atoms with Gasteiger partial charge in [0.25, 0.3) is 0 Å². The molecule has 1 aromatic heterocycles. The second kappa shape index (κ2) is 9.49. The smallest absolute Gasteiger partial charge is 0.336 e. The summed E-state index contributed by atoms with van der Waals surface area (Å²) in [6.45, 7) is 0.732. The molecule has 0 saturated heterocycles. The van der Waals surface area contributed by atoms with Crippen LogP contribution in [0.15, 0.2) is 76.2 Å². The third kappa shape index (κ3) is 4.73. The quantitative estimate of drug-likeness (QED) is 0.301. The molecule has 7 heteroatoms. The summed E-state index contributed by atoms with van der Waals surface area (Å²) >= 11 is 5.02. The lowest BCUT2D eigenvalue weighted by atomic mass is 10.0. The third-order valence-corrected chi connectivity index (χ3v) is 6.48. The fourth-order valence-corrected chi connectivity index (χ4v) is 4.57. The summed E-state index contributed by atoms with van der Waals surface area (Å²) < 4.78 is 1.10. The number of carboxylic acids is 1. The van der Waals surface area contributed by atoms with Crippen molar-refractivity contribution in [3.05, 3.63) is 82.5 Å². The minimum atomic E-state index is -0.937. The number of carbonyl (C=O) groups is 1. The lowest BCUT2D eigenvalue weighted by molar-refractivity contribution is 0.0693. The number of anilines is 1. The lowest BCUT2D eigenvalue weighted by Gasteiger charge is -2.11. The molecule has 0 radical (unpaired) electrons. The van der Waals surface area contributed by atoms with Crippen molar-refractivity contribution >= 4 is 50.3 Å². The van der Waals surface area contributed by atoms with Crippen molar-refractivity contribution in [1.29, 1.82) is 0 Å². The highest BCUT2D eigenvalue weighted by atomic mass is 79.9. The summed E-state index contributed by atoms with van der Waals surface area (Å²) in [6, 6.07) is 19.6. The number of aromatic nitrogens is 2. The van der Waals surface area contributed by atoms with Crippen LogP contribution in [0, 0.1) is 0 Å². The normalized spacial score (nSPS) is 10.9. The van der Waals surface area contributed by atoms with Crippen LogP contribution in [0.5, 0.6) is 0 Å². The van der Waals surface area contributed by atoms with Crippen molar-refractivity contribution < 1.29 is 9.90 Å². The lowest BCUT2D eigenvalue weighted by Crippen LogP contribution is -2.07. The Balaban J connectivity index is 1.50. The third-order valence-electron chi connectivity index (χ3n) is 5.01. The van der Waals surface area contributed by atoms with Gasteiger partial charge in [0.05, 0.1) is 5.56 Å². The monoisotopic (exact) mass is 493 g/mol. The van der Waals surface area contributed by atoms with Gasteiger partial charge in [-0.15, -0.1) is 11.8 Å². The second-order valence-corrected chi connectivity index (χ2v) is 8.62. The van der Waals surface area contributed by atoms with Crippen molar-refractivity contribution in [2.24, 2.45) is 0 Å². The van der Waals surface area contributed by atoms with E-state index in [1.807, 2.05) is 24.5 Å². The van der Waals surface area contributed by atoms with Crippen LogP contribution in [0.2, 0.25) is 0 Å². The molecule has 31 heavy (non-hydrogen) atoms. The van der Waals surface area contributed by atoms with Crippen molar-refractivity contribution in [2.45, 2.75) is 11.3 Å². The van der Waals surface area contributed by atoms with Gasteiger partial charge in [0, 0.05) is 27.7 Å². The van der Waals surface area contributed by atoms with E-state index in [2.05, 4.69) is 61.5 Å². The first-order valence-electron chi connectivity index (χ1n) is 9.71. The Morgan fingerprint density at radius 2 is 1.90 bits per heavy atom. The van der Waals surface area contributed by atoms with E-state index >= 15 is 0 Å². The highest BCUT2D eigenvalue weighted by Crippen LogP contribution is 2.28. The predicted octanol–water partition coefficient (Wildman–Crippen LogP) is 6.13. The summed E-state index contributed by atoms with van der Waals surface area (Å²) in [6.07, 6.45) is 4.43. The molecule has 0 fully saturated rings. The van der Waals surface area contributed by atoms with E-state index in [0.29, 0.717) is 10.7 Å². The number of rotatable bonds is 7. The molecule has 0 aliphatic rings. The van der Waals surface area contributed by atoms with Crippen LogP contribution in [0.4, 0.5) is 5.82 Å². The van der Waals surface area contributed by atoms with E-state index in [0.717, 1.165) is 28.8 Å². The molecule has 0 unspecified atom stereocenters. The van der Waals surface area contributed by atoms with Crippen molar-refractivity contribution in [3.8, 4) is 11.4 Å². The van der Waals surface area contributed by atoms with E-state index in [9.17, 15) is 9.90 Å². The molecule has 5 nitrogen and oxygen atoms in total. The molecule has 0 aliphatic carbocycles. The minimum Gasteiger partial charge on any atom is -0.478 e. The van der Waals surface area contributed by atoms with Crippen LogP contribution in [0.25, 0.3) is 22.2 Å². The number of carboxylic acid groups (broad SMARTS) is 1. The maximum absolute atomic E-state index is 11.4. The van der Waals surface area contributed by atoms with Crippen molar-refractivity contribution in [2.75, 3.05) is 18.1 Å². The largest absolute Gasteiger partial charge is 0.478 e. The van der Waals surface area contributed by atoms with Gasteiger partial charge in [0.2, 0.25) is 0 Å². The van der Waals surface area contributed by atoms with Crippen LogP contribution in [-0.4, -0.2) is 33.8 Å². The van der Waals surface area contributed by atoms with E-state index in [1.165, 1.54) is 28.1 Å². The molecule has 2 N–H and O–H groups in total. The average molecular weight is 494 g/mol. The number of nitrogens with one attached hydrogen (secondary N) is 1. The maximum Gasteiger partial charge on any atom is 0.336 e. The molecule has 0 bridgehead atoms. The van der Waals surface area contributed by atoms with E-state index in [-0.39, 0.29) is 5.56 Å². The van der Waals surface area contributed by atoms with Crippen molar-refractivity contribution in [3.63, 3.8) is 0 Å². The zero-order valence-electron chi connectivity index (χ0n) is 16.8. The Morgan fingerprint density at radius 1 is 1.10 bits per heavy atom. The Labute approximate surface area is 193 Å². The van der Waals surface area contributed by atoms with Crippen LogP contribution in [-0.2, 0) is 6.42 Å². The van der Waals surface area contributed by atoms with Gasteiger partial charge in [-0.05, 0) is 53.3 Å². The molecule has 156 valence electrons. The Bertz CT molecular complexity index is 1260. The van der Waals surface area contributed by atoms with Crippen LogP contribution in [0.1, 0.15) is 15.9 Å². The first kappa shape index (κ1) is 21.3. The number of nitrogens with zero attached hydrogens (tertiary/aromatic N) is 2. The molecule has 0 aliphatic heterocycles. The predicted molar refractivity (Wildman–Crippen MR) is 130 cm³/mol. The number of hydrogen-bond donors (Lipinski definition) is 2. The Hall–Kier alpha value is -2.90. The Kier molecular flexibility index (Phi) is 6.53. The summed E-state index contributed by atoms with van der Waals surface area (Å²) in [5.74, 6) is 0.360. The van der Waals surface area contributed by atoms with Gasteiger partial charge in [-0.25, -0.2) is 14.8 Å². The van der Waals surface area contributed by atoms with Crippen LogP contribution < -0.4 is 5.32 Å². The summed E-state index contributed by atoms with van der Waals surface area (Å²) in [4.78, 5) is 21.0. The molecule has 3 aromatic carbocycles. The van der Waals surface area contributed by atoms with Gasteiger partial charge in [-0.3, -0.25) is 0 Å². The molecule has 1 heterocycles. The maximum atomic E-state index is 11.4. The zero-order chi connectivity index (χ0) is 21.8. The topological polar surface area (TPSA) is 75.1 Å². The molecule has 4 aromatic rings. The molecule has 4 rings (SSSR count). The summed E-state index contributed by atoms with van der Waals surface area (Å²) in [7, 11) is 0. The van der Waals surface area contributed by atoms with E-state index < -0.39 is 5.97 Å². The number of hydrogen-bond acceptors (Lipinski definition) is 5. The van der Waals surface area contributed by atoms with Gasteiger partial charge >= 0.3 is 5.97 Å². The van der Waals surface area contributed by atoms with E-state index in [4.69, 9.17) is 0 Å². The average Bonchev–Trinajstić information content (AvgIpc) is 2.80. The fraction of sp³-hybridized carbons (Fsp3) is 0.125. The zero-order valence-corrected chi connectivity index (χ0v) is 19.2. The molecule has 0 atom stereocenters. The molecule has 0 amide bonds. The number of fused-ring (bicyclic) bond motifs is 1. The second-order valence-electron chi connectivity index (χ2n) is 6.91. The van der Waals surface area contributed by atoms with Crippen molar-refractivity contribution in [1.82, 2.24) is 9.97 Å². The van der Waals surface area contributed by atoms with Crippen LogP contribution >= 0.6 is 27.7 Å². The molecular weight excluding hydrogens is 474 g/mol. The standard InChI is InChI=1S/C24H20BrN3O2S/c1-31-21-14-16(6-8-19(21)24(29)30)23-27-13-11-22(28-23)26-12-10-15-7-9-20(25)18-5-3-2-4-17(15)18/h2-9,11,13-14H,10,12H2,1H3,(H,29,30)(H,26,27,28). The van der Waals surface area contributed by atoms with Gasteiger partial charge in [0.1, 0.15) is 5.82 Å². The van der Waals surface area contributed by atoms with Gasteiger partial charge in [0.15, 0.2) is 5.82 Å². The fourth-order valence-electron chi connectivity index (χ4n) is 3.47. The van der Waals surface area contributed by atoms with E-state index in [1.54, 1.807) is 18.3 Å². The van der Waals surface area contributed by atoms with Crippen LogP contribution in [0.3, 0.4) is 0 Å². The summed E-state index contributed by atoms with van der Waals surface area (Å²) in [5.41, 5.74) is 2.35. The van der Waals surface area contributed by atoms with Gasteiger partial charge in [-0.2, -0.15) is 0 Å².